The molecule has 1 aromatic carbocycles. The van der Waals surface area contributed by atoms with Gasteiger partial charge in [-0.15, -0.1) is 12.4 Å². The Kier molecular flexibility index (Phi) is 9.17. The lowest BCUT2D eigenvalue weighted by molar-refractivity contribution is -0.132. The number of ether oxygens (including phenoxy) is 2. The number of benzene rings is 1. The summed E-state index contributed by atoms with van der Waals surface area (Å²) in [6.07, 6.45) is 1.31. The molecule has 23 heavy (non-hydrogen) atoms. The average Bonchev–Trinajstić information content (AvgIpc) is 3.03. The van der Waals surface area contributed by atoms with E-state index in [0.717, 1.165) is 18.4 Å². The SMILES string of the molecule is CC(CNC(=O)[C@@H]1CC[C@H](CN)O1)COCc1ccccc1.Cl. The number of amides is 1. The van der Waals surface area contributed by atoms with Crippen LogP contribution in [0.4, 0.5) is 0 Å². The van der Waals surface area contributed by atoms with Gasteiger partial charge in [0.05, 0.1) is 19.3 Å². The third-order valence-electron chi connectivity index (χ3n) is 3.80. The van der Waals surface area contributed by atoms with E-state index in [2.05, 4.69) is 12.2 Å². The van der Waals surface area contributed by atoms with Crippen LogP contribution in [0.5, 0.6) is 0 Å². The molecule has 3 N–H and O–H groups in total. The molecule has 130 valence electrons. The lowest BCUT2D eigenvalue weighted by atomic mass is 10.1. The molecule has 0 spiro atoms. The molecule has 1 amide bonds. The molecule has 0 saturated carbocycles. The second kappa shape index (κ2) is 10.6. The van der Waals surface area contributed by atoms with Gasteiger partial charge in [0.25, 0.3) is 0 Å². The summed E-state index contributed by atoms with van der Waals surface area (Å²) in [5.74, 6) is 0.227. The van der Waals surface area contributed by atoms with Crippen LogP contribution in [0.25, 0.3) is 0 Å². The van der Waals surface area contributed by atoms with Crippen molar-refractivity contribution >= 4 is 18.3 Å². The van der Waals surface area contributed by atoms with Crippen LogP contribution in [0.1, 0.15) is 25.3 Å². The molecule has 1 heterocycles. The van der Waals surface area contributed by atoms with E-state index in [4.69, 9.17) is 15.2 Å². The molecule has 0 bridgehead atoms. The Hall–Kier alpha value is -1.14. The van der Waals surface area contributed by atoms with Gasteiger partial charge in [0.1, 0.15) is 6.10 Å². The van der Waals surface area contributed by atoms with Gasteiger partial charge in [-0.05, 0) is 24.3 Å². The highest BCUT2D eigenvalue weighted by atomic mass is 35.5. The molecule has 1 fully saturated rings. The van der Waals surface area contributed by atoms with E-state index in [0.29, 0.717) is 26.3 Å². The van der Waals surface area contributed by atoms with Crippen molar-refractivity contribution in [2.75, 3.05) is 19.7 Å². The first-order valence-corrected chi connectivity index (χ1v) is 7.94. The normalized spacial score (nSPS) is 21.5. The monoisotopic (exact) mass is 342 g/mol. The Labute approximate surface area is 144 Å². The summed E-state index contributed by atoms with van der Waals surface area (Å²) < 4.78 is 11.2. The van der Waals surface area contributed by atoms with Crippen LogP contribution in [0.15, 0.2) is 30.3 Å². The molecule has 0 radical (unpaired) electrons. The van der Waals surface area contributed by atoms with Crippen LogP contribution in [-0.2, 0) is 20.9 Å². The molecule has 5 nitrogen and oxygen atoms in total. The predicted molar refractivity (Wildman–Crippen MR) is 92.5 cm³/mol. The third kappa shape index (κ3) is 6.87. The van der Waals surface area contributed by atoms with Crippen LogP contribution in [-0.4, -0.2) is 37.8 Å². The smallest absolute Gasteiger partial charge is 0.249 e. The number of rotatable bonds is 8. The maximum Gasteiger partial charge on any atom is 0.249 e. The lowest BCUT2D eigenvalue weighted by Gasteiger charge is -2.16. The largest absolute Gasteiger partial charge is 0.376 e. The quantitative estimate of drug-likeness (QED) is 0.756. The molecule has 1 saturated heterocycles. The molecule has 3 atom stereocenters. The van der Waals surface area contributed by atoms with Crippen molar-refractivity contribution in [3.8, 4) is 0 Å². The van der Waals surface area contributed by atoms with Gasteiger partial charge in [-0.2, -0.15) is 0 Å². The Balaban J connectivity index is 0.00000264. The molecule has 1 aliphatic rings. The number of carbonyl (C=O) groups excluding carboxylic acids is 1. The Morgan fingerprint density at radius 2 is 2.13 bits per heavy atom. The number of carbonyl (C=O) groups is 1. The molecule has 0 aliphatic carbocycles. The first kappa shape index (κ1) is 19.9. The van der Waals surface area contributed by atoms with E-state index in [1.807, 2.05) is 30.3 Å². The van der Waals surface area contributed by atoms with Gasteiger partial charge in [0.2, 0.25) is 5.91 Å². The summed E-state index contributed by atoms with van der Waals surface area (Å²) in [4.78, 5) is 12.0. The first-order chi connectivity index (χ1) is 10.7. The second-order valence-corrected chi connectivity index (χ2v) is 5.91. The van der Waals surface area contributed by atoms with Crippen molar-refractivity contribution < 1.29 is 14.3 Å². The maximum absolute atomic E-state index is 12.0. The van der Waals surface area contributed by atoms with Gasteiger partial charge in [-0.3, -0.25) is 4.79 Å². The van der Waals surface area contributed by atoms with Crippen LogP contribution >= 0.6 is 12.4 Å². The van der Waals surface area contributed by atoms with Crippen LogP contribution in [0, 0.1) is 5.92 Å². The van der Waals surface area contributed by atoms with E-state index in [1.165, 1.54) is 0 Å². The van der Waals surface area contributed by atoms with E-state index in [9.17, 15) is 4.79 Å². The van der Waals surface area contributed by atoms with Crippen LogP contribution in [0.3, 0.4) is 0 Å². The fraction of sp³-hybridized carbons (Fsp3) is 0.588. The molecule has 2 rings (SSSR count). The van der Waals surface area contributed by atoms with Gasteiger partial charge in [-0.25, -0.2) is 0 Å². The fourth-order valence-corrected chi connectivity index (χ4v) is 2.47. The summed E-state index contributed by atoms with van der Waals surface area (Å²) in [6, 6.07) is 10.1. The van der Waals surface area contributed by atoms with Crippen molar-refractivity contribution in [3.05, 3.63) is 35.9 Å². The summed E-state index contributed by atoms with van der Waals surface area (Å²) in [7, 11) is 0. The standard InChI is InChI=1S/C17H26N2O3.ClH/c1-13(11-21-12-14-5-3-2-4-6-14)10-19-17(20)16-8-7-15(9-18)22-16;/h2-6,13,15-16H,7-12,18H2,1H3,(H,19,20);1H/t13?,15-,16+;/m1./s1. The molecular weight excluding hydrogens is 316 g/mol. The van der Waals surface area contributed by atoms with Gasteiger partial charge < -0.3 is 20.5 Å². The zero-order valence-corrected chi connectivity index (χ0v) is 14.4. The minimum Gasteiger partial charge on any atom is -0.376 e. The zero-order chi connectivity index (χ0) is 15.8. The van der Waals surface area contributed by atoms with Crippen LogP contribution in [0.2, 0.25) is 0 Å². The van der Waals surface area contributed by atoms with Gasteiger partial charge >= 0.3 is 0 Å². The Bertz CT molecular complexity index is 458. The lowest BCUT2D eigenvalue weighted by Crippen LogP contribution is -2.38. The van der Waals surface area contributed by atoms with E-state index < -0.39 is 0 Å². The molecular formula is C17H27ClN2O3. The molecule has 1 unspecified atom stereocenters. The number of hydrogen-bond donors (Lipinski definition) is 2. The summed E-state index contributed by atoms with van der Waals surface area (Å²) in [5.41, 5.74) is 6.71. The van der Waals surface area contributed by atoms with E-state index in [1.54, 1.807) is 0 Å². The van der Waals surface area contributed by atoms with Crippen LogP contribution < -0.4 is 11.1 Å². The number of hydrogen-bond acceptors (Lipinski definition) is 4. The Morgan fingerprint density at radius 3 is 2.78 bits per heavy atom. The van der Waals surface area contributed by atoms with Crippen molar-refractivity contribution in [1.82, 2.24) is 5.32 Å². The van der Waals surface area contributed by atoms with Crippen molar-refractivity contribution in [1.29, 1.82) is 0 Å². The summed E-state index contributed by atoms with van der Waals surface area (Å²) in [6.45, 7) is 4.35. The van der Waals surface area contributed by atoms with Crippen molar-refractivity contribution in [2.45, 2.75) is 38.6 Å². The minimum atomic E-state index is -0.342. The van der Waals surface area contributed by atoms with Gasteiger partial charge in [0.15, 0.2) is 0 Å². The summed E-state index contributed by atoms with van der Waals surface area (Å²) in [5, 5.41) is 2.93. The predicted octanol–water partition coefficient (Wildman–Crippen LogP) is 1.88. The Morgan fingerprint density at radius 1 is 1.39 bits per heavy atom. The highest BCUT2D eigenvalue weighted by Crippen LogP contribution is 2.18. The number of halogens is 1. The van der Waals surface area contributed by atoms with Gasteiger partial charge in [-0.1, -0.05) is 37.3 Å². The summed E-state index contributed by atoms with van der Waals surface area (Å²) >= 11 is 0. The topological polar surface area (TPSA) is 73.6 Å². The fourth-order valence-electron chi connectivity index (χ4n) is 2.47. The highest BCUT2D eigenvalue weighted by Gasteiger charge is 2.29. The van der Waals surface area contributed by atoms with Gasteiger partial charge in [0, 0.05) is 13.1 Å². The van der Waals surface area contributed by atoms with Crippen molar-refractivity contribution in [3.63, 3.8) is 0 Å². The van der Waals surface area contributed by atoms with E-state index >= 15 is 0 Å². The van der Waals surface area contributed by atoms with Crippen molar-refractivity contribution in [2.24, 2.45) is 11.7 Å². The molecule has 1 aromatic rings. The van der Waals surface area contributed by atoms with E-state index in [-0.39, 0.29) is 36.4 Å². The average molecular weight is 343 g/mol. The molecule has 1 aliphatic heterocycles. The maximum atomic E-state index is 12.0. The highest BCUT2D eigenvalue weighted by molar-refractivity contribution is 5.85. The number of nitrogens with two attached hydrogens (primary N) is 1. The molecule has 6 heteroatoms. The zero-order valence-electron chi connectivity index (χ0n) is 13.6. The molecule has 0 aromatic heterocycles. The minimum absolute atomic E-state index is 0. The second-order valence-electron chi connectivity index (χ2n) is 5.91. The third-order valence-corrected chi connectivity index (χ3v) is 3.80. The first-order valence-electron chi connectivity index (χ1n) is 7.94. The number of nitrogens with one attached hydrogen (secondary N) is 1.